The van der Waals surface area contributed by atoms with Crippen LogP contribution in [-0.4, -0.2) is 60.1 Å². The summed E-state index contributed by atoms with van der Waals surface area (Å²) in [7, 11) is 1.64. The normalized spacial score (nSPS) is 25.2. The Morgan fingerprint density at radius 2 is 1.81 bits per heavy atom. The molecule has 7 nitrogen and oxygen atoms in total. The molecule has 36 heavy (non-hydrogen) atoms. The fraction of sp³-hybridized carbons (Fsp3) is 0.379. The Morgan fingerprint density at radius 1 is 1.00 bits per heavy atom. The van der Waals surface area contributed by atoms with Crippen LogP contribution in [0.5, 0.6) is 17.2 Å². The van der Waals surface area contributed by atoms with E-state index in [9.17, 15) is 15.3 Å². The van der Waals surface area contributed by atoms with Gasteiger partial charge in [0.1, 0.15) is 42.2 Å². The first-order valence-corrected chi connectivity index (χ1v) is 12.3. The molecule has 1 fully saturated rings. The zero-order valence-electron chi connectivity index (χ0n) is 20.2. The van der Waals surface area contributed by atoms with Crippen molar-refractivity contribution >= 4 is 0 Å². The van der Waals surface area contributed by atoms with E-state index in [0.29, 0.717) is 13.0 Å². The Kier molecular flexibility index (Phi) is 7.43. The number of rotatable bonds is 8. The van der Waals surface area contributed by atoms with Crippen LogP contribution in [0.2, 0.25) is 0 Å². The van der Waals surface area contributed by atoms with E-state index in [2.05, 4.69) is 6.07 Å². The third-order valence-corrected chi connectivity index (χ3v) is 6.89. The molecule has 3 N–H and O–H groups in total. The van der Waals surface area contributed by atoms with Crippen LogP contribution >= 0.6 is 0 Å². The van der Waals surface area contributed by atoms with Gasteiger partial charge >= 0.3 is 0 Å². The minimum atomic E-state index is -1.10. The van der Waals surface area contributed by atoms with Crippen molar-refractivity contribution in [2.24, 2.45) is 0 Å². The lowest BCUT2D eigenvalue weighted by Crippen LogP contribution is -2.47. The smallest absolute Gasteiger partial charge is 0.137 e. The molecule has 3 aromatic rings. The summed E-state index contributed by atoms with van der Waals surface area (Å²) in [6.07, 6.45) is -1.54. The predicted molar refractivity (Wildman–Crippen MR) is 134 cm³/mol. The van der Waals surface area contributed by atoms with Crippen molar-refractivity contribution in [1.82, 2.24) is 0 Å². The highest BCUT2D eigenvalue weighted by Crippen LogP contribution is 2.35. The SMILES string of the molecule is COc1ccc(C2CC(O)[C@H](O)C(CO)O2)cc1Cc1ccc(OCC2Cc3ccccc3O2)cc1. The summed E-state index contributed by atoms with van der Waals surface area (Å²) in [4.78, 5) is 0. The first-order valence-electron chi connectivity index (χ1n) is 12.3. The topological polar surface area (TPSA) is 97.6 Å². The zero-order valence-corrected chi connectivity index (χ0v) is 20.2. The summed E-state index contributed by atoms with van der Waals surface area (Å²) in [6, 6.07) is 21.8. The van der Waals surface area contributed by atoms with E-state index in [-0.39, 0.29) is 19.1 Å². The van der Waals surface area contributed by atoms with E-state index in [1.165, 1.54) is 5.56 Å². The van der Waals surface area contributed by atoms with Gasteiger partial charge in [0.25, 0.3) is 0 Å². The molecule has 2 aliphatic heterocycles. The van der Waals surface area contributed by atoms with Crippen molar-refractivity contribution in [2.75, 3.05) is 20.3 Å². The molecular formula is C29H32O7. The number of benzene rings is 3. The Bertz CT molecular complexity index is 1140. The maximum Gasteiger partial charge on any atom is 0.137 e. The Labute approximate surface area is 210 Å². The number of fused-ring (bicyclic) bond motifs is 1. The maximum absolute atomic E-state index is 10.2. The van der Waals surface area contributed by atoms with Gasteiger partial charge in [-0.15, -0.1) is 0 Å². The fourth-order valence-electron chi connectivity index (χ4n) is 4.92. The molecule has 5 rings (SSSR count). The summed E-state index contributed by atoms with van der Waals surface area (Å²) < 4.78 is 23.4. The Morgan fingerprint density at radius 3 is 2.56 bits per heavy atom. The molecule has 2 heterocycles. The summed E-state index contributed by atoms with van der Waals surface area (Å²) in [5, 5.41) is 29.7. The molecular weight excluding hydrogens is 460 g/mol. The number of para-hydroxylation sites is 1. The van der Waals surface area contributed by atoms with E-state index in [0.717, 1.165) is 40.4 Å². The quantitative estimate of drug-likeness (QED) is 0.444. The average Bonchev–Trinajstić information content (AvgIpc) is 3.33. The number of aliphatic hydroxyl groups is 3. The molecule has 190 valence electrons. The maximum atomic E-state index is 10.2. The van der Waals surface area contributed by atoms with E-state index in [1.54, 1.807) is 7.11 Å². The Balaban J connectivity index is 1.23. The van der Waals surface area contributed by atoms with E-state index >= 15 is 0 Å². The lowest BCUT2D eigenvalue weighted by Gasteiger charge is -2.36. The van der Waals surface area contributed by atoms with Crippen molar-refractivity contribution in [3.63, 3.8) is 0 Å². The molecule has 2 aliphatic rings. The second kappa shape index (κ2) is 10.9. The second-order valence-corrected chi connectivity index (χ2v) is 9.39. The second-order valence-electron chi connectivity index (χ2n) is 9.39. The molecule has 0 spiro atoms. The third kappa shape index (κ3) is 5.34. The molecule has 1 saturated heterocycles. The van der Waals surface area contributed by atoms with Gasteiger partial charge in [0.15, 0.2) is 0 Å². The summed E-state index contributed by atoms with van der Waals surface area (Å²) in [6.45, 7) is 0.132. The van der Waals surface area contributed by atoms with Crippen LogP contribution in [0.3, 0.4) is 0 Å². The Hall–Kier alpha value is -3.10. The molecule has 4 unspecified atom stereocenters. The van der Waals surface area contributed by atoms with Crippen LogP contribution in [-0.2, 0) is 17.6 Å². The molecule has 0 aliphatic carbocycles. The standard InChI is InChI=1S/C29H32O7/c1-33-25-11-8-20(27-15-24(31)29(32)28(16-30)36-27)13-21(25)12-18-6-9-22(10-7-18)34-17-23-14-19-4-2-3-5-26(19)35-23/h2-11,13,23-24,27-32H,12,14-17H2,1H3/t23?,24?,27?,28?,29-/m0/s1. The predicted octanol–water partition coefficient (Wildman–Crippen LogP) is 3.21. The lowest BCUT2D eigenvalue weighted by molar-refractivity contribution is -0.181. The van der Waals surface area contributed by atoms with Crippen LogP contribution in [0.1, 0.15) is 34.8 Å². The van der Waals surface area contributed by atoms with Crippen LogP contribution in [0.25, 0.3) is 0 Å². The molecule has 0 aromatic heterocycles. The lowest BCUT2D eigenvalue weighted by atomic mass is 9.92. The van der Waals surface area contributed by atoms with Crippen LogP contribution in [0.15, 0.2) is 66.7 Å². The number of hydrogen-bond donors (Lipinski definition) is 3. The minimum absolute atomic E-state index is 0.0149. The van der Waals surface area contributed by atoms with Crippen molar-refractivity contribution in [1.29, 1.82) is 0 Å². The molecule has 0 bridgehead atoms. The van der Waals surface area contributed by atoms with Gasteiger partial charge in [0, 0.05) is 19.3 Å². The number of ether oxygens (including phenoxy) is 4. The molecule has 0 radical (unpaired) electrons. The third-order valence-electron chi connectivity index (χ3n) is 6.89. The van der Waals surface area contributed by atoms with Gasteiger partial charge in [-0.3, -0.25) is 0 Å². The van der Waals surface area contributed by atoms with Crippen LogP contribution < -0.4 is 14.2 Å². The van der Waals surface area contributed by atoms with Crippen molar-refractivity contribution < 1.29 is 34.3 Å². The largest absolute Gasteiger partial charge is 0.496 e. The van der Waals surface area contributed by atoms with E-state index < -0.39 is 24.4 Å². The number of hydrogen-bond acceptors (Lipinski definition) is 7. The highest BCUT2D eigenvalue weighted by molar-refractivity contribution is 5.42. The summed E-state index contributed by atoms with van der Waals surface area (Å²) in [5.74, 6) is 2.48. The summed E-state index contributed by atoms with van der Waals surface area (Å²) >= 11 is 0. The van der Waals surface area contributed by atoms with Gasteiger partial charge in [0.2, 0.25) is 0 Å². The summed E-state index contributed by atoms with van der Waals surface area (Å²) in [5.41, 5.74) is 4.16. The average molecular weight is 493 g/mol. The van der Waals surface area contributed by atoms with E-state index in [4.69, 9.17) is 18.9 Å². The highest BCUT2D eigenvalue weighted by atomic mass is 16.5. The molecule has 3 aromatic carbocycles. The van der Waals surface area contributed by atoms with Gasteiger partial charge < -0.3 is 34.3 Å². The molecule has 0 saturated carbocycles. The van der Waals surface area contributed by atoms with Gasteiger partial charge in [-0.2, -0.15) is 0 Å². The van der Waals surface area contributed by atoms with Crippen molar-refractivity contribution in [3.05, 3.63) is 89.0 Å². The first kappa shape index (κ1) is 24.6. The van der Waals surface area contributed by atoms with Crippen LogP contribution in [0, 0.1) is 0 Å². The molecule has 7 heteroatoms. The van der Waals surface area contributed by atoms with Gasteiger partial charge in [-0.1, -0.05) is 36.4 Å². The van der Waals surface area contributed by atoms with E-state index in [1.807, 2.05) is 60.7 Å². The molecule has 5 atom stereocenters. The van der Waals surface area contributed by atoms with Gasteiger partial charge in [-0.25, -0.2) is 0 Å². The highest BCUT2D eigenvalue weighted by Gasteiger charge is 2.37. The van der Waals surface area contributed by atoms with Crippen molar-refractivity contribution in [2.45, 2.75) is 49.8 Å². The first-order chi connectivity index (χ1) is 17.5. The zero-order chi connectivity index (χ0) is 25.1. The number of methoxy groups -OCH3 is 1. The monoisotopic (exact) mass is 492 g/mol. The number of aliphatic hydroxyl groups excluding tert-OH is 3. The molecule has 0 amide bonds. The fourth-order valence-corrected chi connectivity index (χ4v) is 4.92. The minimum Gasteiger partial charge on any atom is -0.496 e. The van der Waals surface area contributed by atoms with Gasteiger partial charge in [0.05, 0.1) is 25.9 Å². The van der Waals surface area contributed by atoms with Crippen LogP contribution in [0.4, 0.5) is 0 Å². The van der Waals surface area contributed by atoms with Gasteiger partial charge in [-0.05, 0) is 52.6 Å². The van der Waals surface area contributed by atoms with Crippen molar-refractivity contribution in [3.8, 4) is 17.2 Å².